The van der Waals surface area contributed by atoms with Crippen molar-refractivity contribution >= 4 is 35.0 Å². The molecule has 1 aromatic carbocycles. The maximum Gasteiger partial charge on any atom is 0.232 e. The summed E-state index contributed by atoms with van der Waals surface area (Å²) in [5.41, 5.74) is 6.31. The number of nitrogens with zero attached hydrogens (tertiary/aromatic N) is 1. The minimum atomic E-state index is 0.190. The van der Waals surface area contributed by atoms with E-state index in [1.54, 1.807) is 6.07 Å². The Bertz CT molecular complexity index is 446. The van der Waals surface area contributed by atoms with Crippen molar-refractivity contribution in [1.29, 1.82) is 0 Å². The number of benzene rings is 1. The molecule has 0 unspecified atom stereocenters. The highest BCUT2D eigenvalue weighted by molar-refractivity contribution is 8.00. The van der Waals surface area contributed by atoms with E-state index in [1.807, 2.05) is 17.0 Å². The number of unbranched alkanes of at least 4 members (excludes halogenated alkanes) is 2. The summed E-state index contributed by atoms with van der Waals surface area (Å²) in [6.07, 6.45) is 4.32. The number of nitrogens with two attached hydrogens (primary N) is 1. The zero-order chi connectivity index (χ0) is 15.7. The summed E-state index contributed by atoms with van der Waals surface area (Å²) in [4.78, 5) is 15.2. The van der Waals surface area contributed by atoms with Crippen LogP contribution in [0, 0.1) is 0 Å². The Morgan fingerprint density at radius 3 is 2.38 bits per heavy atom. The molecule has 0 spiro atoms. The number of hydrogen-bond acceptors (Lipinski definition) is 3. The van der Waals surface area contributed by atoms with Crippen molar-refractivity contribution < 1.29 is 4.79 Å². The third-order valence-electron chi connectivity index (χ3n) is 3.22. The topological polar surface area (TPSA) is 46.3 Å². The summed E-state index contributed by atoms with van der Waals surface area (Å²) in [7, 11) is 0. The lowest BCUT2D eigenvalue weighted by molar-refractivity contribution is -0.128. The van der Waals surface area contributed by atoms with Gasteiger partial charge in [0.25, 0.3) is 0 Å². The number of amides is 1. The molecule has 118 valence electrons. The molecule has 1 rings (SSSR count). The van der Waals surface area contributed by atoms with E-state index in [2.05, 4.69) is 13.8 Å². The van der Waals surface area contributed by atoms with Gasteiger partial charge in [-0.3, -0.25) is 4.79 Å². The molecule has 0 fully saturated rings. The van der Waals surface area contributed by atoms with E-state index >= 15 is 0 Å². The van der Waals surface area contributed by atoms with E-state index in [0.29, 0.717) is 16.5 Å². The van der Waals surface area contributed by atoms with Gasteiger partial charge in [-0.2, -0.15) is 0 Å². The van der Waals surface area contributed by atoms with Gasteiger partial charge in [0.2, 0.25) is 5.91 Å². The second kappa shape index (κ2) is 9.96. The van der Waals surface area contributed by atoms with E-state index in [1.165, 1.54) is 11.8 Å². The first-order chi connectivity index (χ1) is 10.1. The van der Waals surface area contributed by atoms with Crippen molar-refractivity contribution in [1.82, 2.24) is 4.90 Å². The number of rotatable bonds is 9. The molecule has 3 nitrogen and oxygen atoms in total. The molecule has 0 aliphatic heterocycles. The molecule has 0 radical (unpaired) electrons. The Morgan fingerprint density at radius 2 is 1.86 bits per heavy atom. The lowest BCUT2D eigenvalue weighted by Gasteiger charge is -2.22. The molecule has 1 amide bonds. The van der Waals surface area contributed by atoms with Crippen LogP contribution < -0.4 is 5.73 Å². The summed E-state index contributed by atoms with van der Waals surface area (Å²) in [6, 6.07) is 5.41. The van der Waals surface area contributed by atoms with Gasteiger partial charge in [-0.15, -0.1) is 11.8 Å². The van der Waals surface area contributed by atoms with Crippen LogP contribution in [0.2, 0.25) is 5.02 Å². The van der Waals surface area contributed by atoms with Crippen LogP contribution in [0.3, 0.4) is 0 Å². The van der Waals surface area contributed by atoms with Crippen LogP contribution in [0.1, 0.15) is 39.5 Å². The van der Waals surface area contributed by atoms with Gasteiger partial charge in [-0.1, -0.05) is 38.3 Å². The Labute approximate surface area is 137 Å². The lowest BCUT2D eigenvalue weighted by atomic mass is 10.2. The summed E-state index contributed by atoms with van der Waals surface area (Å²) >= 11 is 7.61. The zero-order valence-corrected chi connectivity index (χ0v) is 14.5. The molecular weight excluding hydrogens is 304 g/mol. The highest BCUT2D eigenvalue weighted by Gasteiger charge is 2.13. The van der Waals surface area contributed by atoms with Crippen molar-refractivity contribution in [2.75, 3.05) is 24.6 Å². The third-order valence-corrected chi connectivity index (χ3v) is 4.71. The Hall–Kier alpha value is -0.870. The SMILES string of the molecule is CCCCN(CCCC)C(=O)CSc1ccc(N)cc1Cl. The van der Waals surface area contributed by atoms with Gasteiger partial charge in [0.05, 0.1) is 10.8 Å². The van der Waals surface area contributed by atoms with Gasteiger partial charge in [-0.05, 0) is 31.0 Å². The average Bonchev–Trinajstić information content (AvgIpc) is 2.46. The molecule has 0 saturated heterocycles. The number of thioether (sulfide) groups is 1. The van der Waals surface area contributed by atoms with Crippen LogP contribution in [0.4, 0.5) is 5.69 Å². The van der Waals surface area contributed by atoms with Gasteiger partial charge < -0.3 is 10.6 Å². The van der Waals surface area contributed by atoms with Gasteiger partial charge in [0, 0.05) is 23.7 Å². The average molecular weight is 329 g/mol. The number of anilines is 1. The van der Waals surface area contributed by atoms with Crippen molar-refractivity contribution in [2.24, 2.45) is 0 Å². The fraction of sp³-hybridized carbons (Fsp3) is 0.562. The summed E-state index contributed by atoms with van der Waals surface area (Å²) in [5, 5.41) is 0.612. The molecule has 0 heterocycles. The number of carbonyl (C=O) groups is 1. The zero-order valence-electron chi connectivity index (χ0n) is 12.9. The first-order valence-corrected chi connectivity index (χ1v) is 8.90. The van der Waals surface area contributed by atoms with Crippen LogP contribution in [0.25, 0.3) is 0 Å². The highest BCUT2D eigenvalue weighted by Crippen LogP contribution is 2.29. The Balaban J connectivity index is 2.55. The highest BCUT2D eigenvalue weighted by atomic mass is 35.5. The number of carbonyl (C=O) groups excluding carboxylic acids is 1. The molecule has 1 aromatic rings. The van der Waals surface area contributed by atoms with Gasteiger partial charge in [0.1, 0.15) is 0 Å². The molecule has 0 atom stereocenters. The summed E-state index contributed by atoms with van der Waals surface area (Å²) in [5.74, 6) is 0.617. The van der Waals surface area contributed by atoms with E-state index in [4.69, 9.17) is 17.3 Å². The van der Waals surface area contributed by atoms with Crippen molar-refractivity contribution in [3.8, 4) is 0 Å². The molecule has 5 heteroatoms. The monoisotopic (exact) mass is 328 g/mol. The molecule has 21 heavy (non-hydrogen) atoms. The Morgan fingerprint density at radius 1 is 1.24 bits per heavy atom. The normalized spacial score (nSPS) is 10.6. The first-order valence-electron chi connectivity index (χ1n) is 7.54. The van der Waals surface area contributed by atoms with Crippen molar-refractivity contribution in [3.05, 3.63) is 23.2 Å². The first kappa shape index (κ1) is 18.2. The second-order valence-corrected chi connectivity index (χ2v) is 6.49. The maximum absolute atomic E-state index is 12.3. The van der Waals surface area contributed by atoms with E-state index < -0.39 is 0 Å². The number of nitrogen functional groups attached to an aromatic ring is 1. The number of hydrogen-bond donors (Lipinski definition) is 1. The lowest BCUT2D eigenvalue weighted by Crippen LogP contribution is -2.34. The van der Waals surface area contributed by atoms with E-state index in [9.17, 15) is 4.79 Å². The maximum atomic E-state index is 12.3. The quantitative estimate of drug-likeness (QED) is 0.538. The Kier molecular flexibility index (Phi) is 8.62. The fourth-order valence-electron chi connectivity index (χ4n) is 1.92. The predicted octanol–water partition coefficient (Wildman–Crippen LogP) is 4.44. The summed E-state index contributed by atoms with van der Waals surface area (Å²) < 4.78 is 0. The second-order valence-electron chi connectivity index (χ2n) is 5.07. The molecule has 0 bridgehead atoms. The molecule has 0 aliphatic rings. The summed E-state index contributed by atoms with van der Waals surface area (Å²) in [6.45, 7) is 5.99. The minimum Gasteiger partial charge on any atom is -0.399 e. The molecule has 2 N–H and O–H groups in total. The molecular formula is C16H25ClN2OS. The van der Waals surface area contributed by atoms with Crippen LogP contribution in [-0.4, -0.2) is 29.6 Å². The predicted molar refractivity (Wildman–Crippen MR) is 93.0 cm³/mol. The van der Waals surface area contributed by atoms with E-state index in [-0.39, 0.29) is 5.91 Å². The van der Waals surface area contributed by atoms with Gasteiger partial charge in [0.15, 0.2) is 0 Å². The standard InChI is InChI=1S/C16H25ClN2OS/c1-3-5-9-19(10-6-4-2)16(20)12-21-15-8-7-13(18)11-14(15)17/h7-8,11H,3-6,9-10,12,18H2,1-2H3. The van der Waals surface area contributed by atoms with Gasteiger partial charge >= 0.3 is 0 Å². The van der Waals surface area contributed by atoms with Crippen molar-refractivity contribution in [3.63, 3.8) is 0 Å². The van der Waals surface area contributed by atoms with Crippen LogP contribution in [0.15, 0.2) is 23.1 Å². The minimum absolute atomic E-state index is 0.190. The van der Waals surface area contributed by atoms with Crippen LogP contribution >= 0.6 is 23.4 Å². The smallest absolute Gasteiger partial charge is 0.232 e. The number of halogens is 1. The third kappa shape index (κ3) is 6.62. The van der Waals surface area contributed by atoms with Crippen LogP contribution in [-0.2, 0) is 4.79 Å². The molecule has 0 aromatic heterocycles. The molecule has 0 saturated carbocycles. The van der Waals surface area contributed by atoms with Gasteiger partial charge in [-0.25, -0.2) is 0 Å². The largest absolute Gasteiger partial charge is 0.399 e. The fourth-order valence-corrected chi connectivity index (χ4v) is 3.10. The molecule has 0 aliphatic carbocycles. The van der Waals surface area contributed by atoms with Crippen LogP contribution in [0.5, 0.6) is 0 Å². The van der Waals surface area contributed by atoms with E-state index in [0.717, 1.165) is 43.7 Å². The van der Waals surface area contributed by atoms with Crippen molar-refractivity contribution in [2.45, 2.75) is 44.4 Å².